The molecule has 0 spiro atoms. The molecule has 1 saturated heterocycles. The number of nitrogens with zero attached hydrogens (tertiary/aromatic N) is 2. The number of piperazine rings is 1. The Kier molecular flexibility index (Phi) is 6.61. The van der Waals surface area contributed by atoms with Crippen LogP contribution in [0.3, 0.4) is 0 Å². The van der Waals surface area contributed by atoms with Crippen molar-refractivity contribution in [3.05, 3.63) is 29.8 Å². The van der Waals surface area contributed by atoms with E-state index < -0.39 is 0 Å². The molecular formula is C18H27N3O3. The third-order valence-corrected chi connectivity index (χ3v) is 4.54. The number of benzene rings is 1. The third kappa shape index (κ3) is 4.96. The number of ether oxygens (including phenoxy) is 1. The van der Waals surface area contributed by atoms with Crippen molar-refractivity contribution in [1.82, 2.24) is 15.1 Å². The molecule has 2 amide bonds. The maximum Gasteiger partial charge on any atom is 0.233 e. The summed E-state index contributed by atoms with van der Waals surface area (Å²) in [6, 6.07) is 7.87. The molecule has 1 N–H and O–H groups in total. The zero-order valence-corrected chi connectivity index (χ0v) is 14.7. The lowest BCUT2D eigenvalue weighted by molar-refractivity contribution is -0.133. The molecule has 1 fully saturated rings. The van der Waals surface area contributed by atoms with E-state index in [0.717, 1.165) is 24.4 Å². The SMILES string of the molecule is CNC(=O)CN1CCN(C(=O)CC(C)c2ccc(OC)cc2)CC1. The van der Waals surface area contributed by atoms with Crippen molar-refractivity contribution in [3.8, 4) is 5.75 Å². The first-order chi connectivity index (χ1) is 11.5. The van der Waals surface area contributed by atoms with Gasteiger partial charge in [0.1, 0.15) is 5.75 Å². The number of amides is 2. The highest BCUT2D eigenvalue weighted by atomic mass is 16.5. The fraction of sp³-hybridized carbons (Fsp3) is 0.556. The smallest absolute Gasteiger partial charge is 0.233 e. The predicted octanol–water partition coefficient (Wildman–Crippen LogP) is 1.08. The summed E-state index contributed by atoms with van der Waals surface area (Å²) in [5, 5.41) is 2.63. The van der Waals surface area contributed by atoms with Crippen LogP contribution in [-0.4, -0.2) is 68.5 Å². The molecule has 1 aromatic rings. The minimum Gasteiger partial charge on any atom is -0.497 e. The van der Waals surface area contributed by atoms with Gasteiger partial charge in [0, 0.05) is 39.6 Å². The molecule has 0 saturated carbocycles. The van der Waals surface area contributed by atoms with Crippen LogP contribution in [0.5, 0.6) is 5.75 Å². The zero-order chi connectivity index (χ0) is 17.5. The number of carbonyl (C=O) groups excluding carboxylic acids is 2. The van der Waals surface area contributed by atoms with Crippen LogP contribution in [-0.2, 0) is 9.59 Å². The molecule has 6 heteroatoms. The van der Waals surface area contributed by atoms with E-state index in [2.05, 4.69) is 17.1 Å². The summed E-state index contributed by atoms with van der Waals surface area (Å²) in [5.74, 6) is 1.19. The summed E-state index contributed by atoms with van der Waals surface area (Å²) in [6.45, 7) is 5.34. The minimum absolute atomic E-state index is 0.0166. The summed E-state index contributed by atoms with van der Waals surface area (Å²) in [4.78, 5) is 27.9. The Morgan fingerprint density at radius 2 is 1.79 bits per heavy atom. The van der Waals surface area contributed by atoms with Gasteiger partial charge in [0.05, 0.1) is 13.7 Å². The van der Waals surface area contributed by atoms with Gasteiger partial charge in [-0.05, 0) is 23.6 Å². The lowest BCUT2D eigenvalue weighted by atomic mass is 9.97. The normalized spacial score (nSPS) is 16.5. The Morgan fingerprint density at radius 3 is 2.33 bits per heavy atom. The molecule has 6 nitrogen and oxygen atoms in total. The van der Waals surface area contributed by atoms with Crippen LogP contribution in [0.15, 0.2) is 24.3 Å². The Morgan fingerprint density at radius 1 is 1.17 bits per heavy atom. The molecule has 1 atom stereocenters. The van der Waals surface area contributed by atoms with Crippen LogP contribution in [0.1, 0.15) is 24.8 Å². The molecule has 2 rings (SSSR count). The third-order valence-electron chi connectivity index (χ3n) is 4.54. The first-order valence-corrected chi connectivity index (χ1v) is 8.38. The lowest BCUT2D eigenvalue weighted by Gasteiger charge is -2.34. The highest BCUT2D eigenvalue weighted by Crippen LogP contribution is 2.23. The Balaban J connectivity index is 1.81. The van der Waals surface area contributed by atoms with E-state index in [0.29, 0.717) is 26.1 Å². The van der Waals surface area contributed by atoms with E-state index in [-0.39, 0.29) is 17.7 Å². The van der Waals surface area contributed by atoms with Gasteiger partial charge in [-0.3, -0.25) is 14.5 Å². The molecule has 1 unspecified atom stereocenters. The second-order valence-corrected chi connectivity index (χ2v) is 6.21. The van der Waals surface area contributed by atoms with Crippen molar-refractivity contribution in [2.24, 2.45) is 0 Å². The summed E-state index contributed by atoms with van der Waals surface area (Å²) in [7, 11) is 3.29. The molecule has 0 aliphatic carbocycles. The van der Waals surface area contributed by atoms with E-state index in [9.17, 15) is 9.59 Å². The molecule has 1 aromatic carbocycles. The quantitative estimate of drug-likeness (QED) is 0.846. The van der Waals surface area contributed by atoms with Crippen molar-refractivity contribution in [3.63, 3.8) is 0 Å². The Labute approximate surface area is 143 Å². The van der Waals surface area contributed by atoms with Crippen LogP contribution >= 0.6 is 0 Å². The van der Waals surface area contributed by atoms with Crippen LogP contribution < -0.4 is 10.1 Å². The maximum atomic E-state index is 12.5. The van der Waals surface area contributed by atoms with Crippen LogP contribution in [0, 0.1) is 0 Å². The van der Waals surface area contributed by atoms with Crippen LogP contribution in [0.25, 0.3) is 0 Å². The number of methoxy groups -OCH3 is 1. The monoisotopic (exact) mass is 333 g/mol. The van der Waals surface area contributed by atoms with E-state index in [1.807, 2.05) is 29.2 Å². The van der Waals surface area contributed by atoms with E-state index in [4.69, 9.17) is 4.74 Å². The molecule has 1 heterocycles. The summed E-state index contributed by atoms with van der Waals surface area (Å²) in [6.07, 6.45) is 0.502. The van der Waals surface area contributed by atoms with E-state index in [1.165, 1.54) is 0 Å². The molecule has 132 valence electrons. The summed E-state index contributed by atoms with van der Waals surface area (Å²) in [5.41, 5.74) is 1.14. The predicted molar refractivity (Wildman–Crippen MR) is 93.1 cm³/mol. The van der Waals surface area contributed by atoms with Gasteiger partial charge in [-0.25, -0.2) is 0 Å². The topological polar surface area (TPSA) is 61.9 Å². The molecule has 24 heavy (non-hydrogen) atoms. The van der Waals surface area contributed by atoms with Gasteiger partial charge in [-0.15, -0.1) is 0 Å². The van der Waals surface area contributed by atoms with Crippen molar-refractivity contribution in [1.29, 1.82) is 0 Å². The number of hydrogen-bond donors (Lipinski definition) is 1. The first-order valence-electron chi connectivity index (χ1n) is 8.38. The number of hydrogen-bond acceptors (Lipinski definition) is 4. The molecule has 0 aromatic heterocycles. The average Bonchev–Trinajstić information content (AvgIpc) is 2.62. The maximum absolute atomic E-state index is 12.5. The van der Waals surface area contributed by atoms with Gasteiger partial charge in [0.15, 0.2) is 0 Å². The summed E-state index contributed by atoms with van der Waals surface area (Å²) < 4.78 is 5.16. The van der Waals surface area contributed by atoms with Gasteiger partial charge in [-0.1, -0.05) is 19.1 Å². The fourth-order valence-electron chi connectivity index (χ4n) is 2.88. The van der Waals surface area contributed by atoms with Crippen molar-refractivity contribution < 1.29 is 14.3 Å². The molecule has 1 aliphatic heterocycles. The molecule has 1 aliphatic rings. The van der Waals surface area contributed by atoms with Crippen molar-refractivity contribution >= 4 is 11.8 Å². The summed E-state index contributed by atoms with van der Waals surface area (Å²) >= 11 is 0. The van der Waals surface area contributed by atoms with Crippen LogP contribution in [0.2, 0.25) is 0 Å². The first kappa shape index (κ1) is 18.3. The van der Waals surface area contributed by atoms with E-state index >= 15 is 0 Å². The van der Waals surface area contributed by atoms with Gasteiger partial charge in [0.25, 0.3) is 0 Å². The highest BCUT2D eigenvalue weighted by molar-refractivity contribution is 5.78. The van der Waals surface area contributed by atoms with Gasteiger partial charge in [0.2, 0.25) is 11.8 Å². The van der Waals surface area contributed by atoms with Gasteiger partial charge < -0.3 is 15.0 Å². The van der Waals surface area contributed by atoms with E-state index in [1.54, 1.807) is 14.2 Å². The number of likely N-dealkylation sites (N-methyl/N-ethyl adjacent to an activating group) is 1. The number of rotatable bonds is 6. The average molecular weight is 333 g/mol. The Bertz CT molecular complexity index is 551. The standard InChI is InChI=1S/C18H27N3O3/c1-14(15-4-6-16(24-3)7-5-15)12-18(23)21-10-8-20(9-11-21)13-17(22)19-2/h4-7,14H,8-13H2,1-3H3,(H,19,22). The second-order valence-electron chi connectivity index (χ2n) is 6.21. The van der Waals surface area contributed by atoms with Crippen molar-refractivity contribution in [2.75, 3.05) is 46.9 Å². The lowest BCUT2D eigenvalue weighted by Crippen LogP contribution is -2.51. The van der Waals surface area contributed by atoms with Gasteiger partial charge in [-0.2, -0.15) is 0 Å². The minimum atomic E-state index is 0.0166. The number of nitrogens with one attached hydrogen (secondary N) is 1. The van der Waals surface area contributed by atoms with Crippen LogP contribution in [0.4, 0.5) is 0 Å². The Hall–Kier alpha value is -2.08. The molecular weight excluding hydrogens is 306 g/mol. The second kappa shape index (κ2) is 8.68. The number of carbonyl (C=O) groups is 2. The molecule has 0 radical (unpaired) electrons. The zero-order valence-electron chi connectivity index (χ0n) is 14.7. The molecule has 0 bridgehead atoms. The highest BCUT2D eigenvalue weighted by Gasteiger charge is 2.23. The van der Waals surface area contributed by atoms with Gasteiger partial charge >= 0.3 is 0 Å². The largest absolute Gasteiger partial charge is 0.497 e. The fourth-order valence-corrected chi connectivity index (χ4v) is 2.88. The van der Waals surface area contributed by atoms with Crippen molar-refractivity contribution in [2.45, 2.75) is 19.3 Å².